The zero-order chi connectivity index (χ0) is 17.0. The number of carbonyl (C=O) groups excluding carboxylic acids is 1. The zero-order valence-corrected chi connectivity index (χ0v) is 15.2. The molecule has 5 heteroatoms. The fourth-order valence-corrected chi connectivity index (χ4v) is 3.41. The van der Waals surface area contributed by atoms with Gasteiger partial charge in [0.05, 0.1) is 22.9 Å². The Morgan fingerprint density at radius 1 is 1.35 bits per heavy atom. The van der Waals surface area contributed by atoms with Crippen molar-refractivity contribution in [2.45, 2.75) is 77.5 Å². The smallest absolute Gasteiger partial charge is 0.272 e. The van der Waals surface area contributed by atoms with Crippen LogP contribution in [0.3, 0.4) is 0 Å². The molecule has 2 fully saturated rings. The van der Waals surface area contributed by atoms with Gasteiger partial charge in [-0.1, -0.05) is 0 Å². The van der Waals surface area contributed by atoms with Crippen molar-refractivity contribution in [1.29, 1.82) is 0 Å². The van der Waals surface area contributed by atoms with E-state index < -0.39 is 0 Å². The highest BCUT2D eigenvalue weighted by Crippen LogP contribution is 2.40. The number of amides is 1. The molecule has 1 saturated heterocycles. The van der Waals surface area contributed by atoms with E-state index >= 15 is 0 Å². The van der Waals surface area contributed by atoms with Crippen molar-refractivity contribution in [3.8, 4) is 0 Å². The summed E-state index contributed by atoms with van der Waals surface area (Å²) in [7, 11) is 0. The molecule has 0 spiro atoms. The van der Waals surface area contributed by atoms with Gasteiger partial charge in [0.1, 0.15) is 5.69 Å². The lowest BCUT2D eigenvalue weighted by molar-refractivity contribution is -0.119. The number of nitrogens with zero attached hydrogens (tertiary/aromatic N) is 3. The largest absolute Gasteiger partial charge is 0.369 e. The average molecular weight is 319 g/mol. The molecule has 0 aromatic carbocycles. The molecular formula is C18H29N3O2. The Bertz CT molecular complexity index is 608. The van der Waals surface area contributed by atoms with Crippen LogP contribution in [0.1, 0.15) is 76.5 Å². The molecule has 1 aliphatic carbocycles. The molecule has 0 radical (unpaired) electrons. The number of ether oxygens (including phenoxy) is 1. The van der Waals surface area contributed by atoms with E-state index in [1.807, 2.05) is 36.4 Å². The quantitative estimate of drug-likeness (QED) is 0.841. The molecule has 1 aliphatic heterocycles. The van der Waals surface area contributed by atoms with Crippen molar-refractivity contribution < 1.29 is 9.53 Å². The maximum Gasteiger partial charge on any atom is 0.272 e. The third-order valence-corrected chi connectivity index (χ3v) is 4.43. The average Bonchev–Trinajstić information content (AvgIpc) is 3.13. The van der Waals surface area contributed by atoms with Gasteiger partial charge < -0.3 is 9.64 Å². The van der Waals surface area contributed by atoms with E-state index in [-0.39, 0.29) is 23.2 Å². The molecule has 3 rings (SSSR count). The minimum absolute atomic E-state index is 0.0524. The lowest BCUT2D eigenvalue weighted by Crippen LogP contribution is -2.54. The van der Waals surface area contributed by atoms with Gasteiger partial charge in [0.2, 0.25) is 0 Å². The van der Waals surface area contributed by atoms with Crippen molar-refractivity contribution in [3.05, 3.63) is 17.5 Å². The molecule has 0 bridgehead atoms. The Morgan fingerprint density at radius 2 is 2.00 bits per heavy atom. The molecule has 5 nitrogen and oxygen atoms in total. The molecular weight excluding hydrogens is 290 g/mol. The van der Waals surface area contributed by atoms with Crippen molar-refractivity contribution in [1.82, 2.24) is 14.7 Å². The van der Waals surface area contributed by atoms with E-state index in [9.17, 15) is 4.79 Å². The maximum atomic E-state index is 13.2. The summed E-state index contributed by atoms with van der Waals surface area (Å²) in [5.74, 6) is 0.618. The predicted octanol–water partition coefficient (Wildman–Crippen LogP) is 3.16. The fourth-order valence-electron chi connectivity index (χ4n) is 3.41. The second kappa shape index (κ2) is 5.33. The Labute approximate surface area is 139 Å². The summed E-state index contributed by atoms with van der Waals surface area (Å²) >= 11 is 0. The van der Waals surface area contributed by atoms with E-state index in [2.05, 4.69) is 20.8 Å². The predicted molar refractivity (Wildman–Crippen MR) is 89.7 cm³/mol. The van der Waals surface area contributed by atoms with Crippen LogP contribution in [0.25, 0.3) is 0 Å². The minimum atomic E-state index is -0.306. The Morgan fingerprint density at radius 3 is 2.52 bits per heavy atom. The number of carbonyl (C=O) groups is 1. The van der Waals surface area contributed by atoms with Gasteiger partial charge in [0.25, 0.3) is 5.91 Å². The summed E-state index contributed by atoms with van der Waals surface area (Å²) in [4.78, 5) is 15.1. The van der Waals surface area contributed by atoms with Gasteiger partial charge in [-0.2, -0.15) is 5.10 Å². The van der Waals surface area contributed by atoms with Crippen LogP contribution >= 0.6 is 0 Å². The molecule has 1 aromatic heterocycles. The van der Waals surface area contributed by atoms with Crippen LogP contribution in [0.4, 0.5) is 0 Å². The van der Waals surface area contributed by atoms with E-state index in [1.165, 1.54) is 12.8 Å². The maximum absolute atomic E-state index is 13.2. The standard InChI is InChI=1S/C18H29N3O2/c1-12-10-20(11-18(5,6)23-12)16(22)15-9-14(13-7-8-13)19-21(15)17(2,3)4/h9,12-13H,7-8,10-11H2,1-6H3. The van der Waals surface area contributed by atoms with Crippen LogP contribution in [0.5, 0.6) is 0 Å². The summed E-state index contributed by atoms with van der Waals surface area (Å²) in [6.07, 6.45) is 2.43. The molecule has 23 heavy (non-hydrogen) atoms. The van der Waals surface area contributed by atoms with Gasteiger partial charge in [-0.25, -0.2) is 0 Å². The Balaban J connectivity index is 1.92. The third kappa shape index (κ3) is 3.44. The van der Waals surface area contributed by atoms with Crippen LogP contribution in [0, 0.1) is 0 Å². The summed E-state index contributed by atoms with van der Waals surface area (Å²) in [5, 5.41) is 4.75. The second-order valence-electron chi connectivity index (χ2n) is 8.69. The number of hydrogen-bond acceptors (Lipinski definition) is 3. The lowest BCUT2D eigenvalue weighted by Gasteiger charge is -2.41. The molecule has 1 amide bonds. The van der Waals surface area contributed by atoms with Crippen LogP contribution in [0.2, 0.25) is 0 Å². The first kappa shape index (κ1) is 16.5. The summed E-state index contributed by atoms with van der Waals surface area (Å²) in [6, 6.07) is 2.01. The first-order valence-corrected chi connectivity index (χ1v) is 8.64. The van der Waals surface area contributed by atoms with Gasteiger partial charge in [0, 0.05) is 19.0 Å². The highest BCUT2D eigenvalue weighted by molar-refractivity contribution is 5.93. The first-order chi connectivity index (χ1) is 10.6. The fraction of sp³-hybridized carbons (Fsp3) is 0.778. The van der Waals surface area contributed by atoms with Crippen LogP contribution in [-0.2, 0) is 10.3 Å². The molecule has 0 N–H and O–H groups in total. The lowest BCUT2D eigenvalue weighted by atomic mass is 10.0. The van der Waals surface area contributed by atoms with Gasteiger partial charge in [-0.3, -0.25) is 9.48 Å². The monoisotopic (exact) mass is 319 g/mol. The van der Waals surface area contributed by atoms with E-state index in [0.29, 0.717) is 24.7 Å². The third-order valence-electron chi connectivity index (χ3n) is 4.43. The Hall–Kier alpha value is -1.36. The van der Waals surface area contributed by atoms with Gasteiger partial charge in [-0.05, 0) is 60.5 Å². The molecule has 1 saturated carbocycles. The van der Waals surface area contributed by atoms with Crippen molar-refractivity contribution in [2.75, 3.05) is 13.1 Å². The topological polar surface area (TPSA) is 47.4 Å². The van der Waals surface area contributed by atoms with Crippen molar-refractivity contribution in [3.63, 3.8) is 0 Å². The highest BCUT2D eigenvalue weighted by Gasteiger charge is 2.37. The van der Waals surface area contributed by atoms with E-state index in [0.717, 1.165) is 5.69 Å². The number of morpholine rings is 1. The summed E-state index contributed by atoms with van der Waals surface area (Å²) in [6.45, 7) is 13.6. The van der Waals surface area contributed by atoms with Crippen molar-refractivity contribution >= 4 is 5.91 Å². The Kier molecular flexibility index (Phi) is 3.82. The van der Waals surface area contributed by atoms with Gasteiger partial charge >= 0.3 is 0 Å². The van der Waals surface area contributed by atoms with Crippen LogP contribution in [0.15, 0.2) is 6.07 Å². The molecule has 1 aromatic rings. The molecule has 2 heterocycles. The van der Waals surface area contributed by atoms with Gasteiger partial charge in [-0.15, -0.1) is 0 Å². The normalized spacial score (nSPS) is 24.8. The highest BCUT2D eigenvalue weighted by atomic mass is 16.5. The molecule has 1 atom stereocenters. The van der Waals surface area contributed by atoms with E-state index in [1.54, 1.807) is 0 Å². The second-order valence-corrected chi connectivity index (χ2v) is 8.69. The summed E-state index contributed by atoms with van der Waals surface area (Å²) < 4.78 is 7.84. The van der Waals surface area contributed by atoms with Crippen LogP contribution < -0.4 is 0 Å². The molecule has 128 valence electrons. The number of aromatic nitrogens is 2. The molecule has 2 aliphatic rings. The van der Waals surface area contributed by atoms with Crippen LogP contribution in [-0.4, -0.2) is 45.4 Å². The van der Waals surface area contributed by atoms with Crippen molar-refractivity contribution in [2.24, 2.45) is 0 Å². The summed E-state index contributed by atoms with van der Waals surface area (Å²) in [5.41, 5.74) is 1.28. The zero-order valence-electron chi connectivity index (χ0n) is 15.2. The van der Waals surface area contributed by atoms with E-state index in [4.69, 9.17) is 9.84 Å². The minimum Gasteiger partial charge on any atom is -0.369 e. The number of hydrogen-bond donors (Lipinski definition) is 0. The first-order valence-electron chi connectivity index (χ1n) is 8.64. The SMILES string of the molecule is CC1CN(C(=O)c2cc(C3CC3)nn2C(C)(C)C)CC(C)(C)O1. The number of rotatable bonds is 2. The van der Waals surface area contributed by atoms with Gasteiger partial charge in [0.15, 0.2) is 0 Å². The molecule has 1 unspecified atom stereocenters.